The molecule has 0 saturated heterocycles. The summed E-state index contributed by atoms with van der Waals surface area (Å²) in [5, 5.41) is 0. The molecule has 0 N–H and O–H groups in total. The zero-order valence-electron chi connectivity index (χ0n) is 7.88. The van der Waals surface area contributed by atoms with Crippen molar-refractivity contribution >= 4 is 8.51 Å². The third kappa shape index (κ3) is 5.86. The van der Waals surface area contributed by atoms with Crippen molar-refractivity contribution in [2.45, 2.75) is 35.7 Å². The molecule has 1 fully saturated rings. The van der Waals surface area contributed by atoms with Crippen molar-refractivity contribution in [3.05, 3.63) is 30.7 Å². The van der Waals surface area contributed by atoms with E-state index in [2.05, 4.69) is 0 Å². The van der Waals surface area contributed by atoms with Gasteiger partial charge in [0.25, 0.3) is 0 Å². The molecule has 1 saturated carbocycles. The van der Waals surface area contributed by atoms with Crippen molar-refractivity contribution in [2.75, 3.05) is 0 Å². The fourth-order valence-electron chi connectivity index (χ4n) is 1.53. The predicted octanol–water partition coefficient (Wildman–Crippen LogP) is 4.29. The molecule has 0 aromatic rings. The monoisotopic (exact) mass is 273 g/mol. The summed E-state index contributed by atoms with van der Waals surface area (Å²) in [5.74, 6) is 0. The molecule has 0 heterocycles. The van der Waals surface area contributed by atoms with Crippen LogP contribution in [-0.4, -0.2) is 0 Å². The molecule has 2 aliphatic carbocycles. The van der Waals surface area contributed by atoms with E-state index in [1.54, 1.807) is 0 Å². The van der Waals surface area contributed by atoms with E-state index < -0.39 is 22.0 Å². The summed E-state index contributed by atoms with van der Waals surface area (Å²) in [4.78, 5) is 0. The molecule has 0 atom stereocenters. The van der Waals surface area contributed by atoms with Crippen LogP contribution in [0, 0.1) is 6.42 Å². The summed E-state index contributed by atoms with van der Waals surface area (Å²) in [6, 6.07) is 0. The Morgan fingerprint density at radius 2 is 1.54 bits per heavy atom. The number of allylic oxidation sites excluding steroid dienone is 4. The van der Waals surface area contributed by atoms with Crippen LogP contribution in [0.1, 0.15) is 32.1 Å². The number of rotatable bonds is 1. The van der Waals surface area contributed by atoms with Crippen LogP contribution in [0.3, 0.4) is 0 Å². The summed E-state index contributed by atoms with van der Waals surface area (Å²) in [6.45, 7) is 0. The molecule has 2 aliphatic rings. The summed E-state index contributed by atoms with van der Waals surface area (Å²) >= 11 is -0.394. The van der Waals surface area contributed by atoms with Crippen LogP contribution >= 0.6 is 8.51 Å². The van der Waals surface area contributed by atoms with E-state index in [1.807, 2.05) is 30.7 Å². The molecule has 71 valence electrons. The molecule has 13 heavy (non-hydrogen) atoms. The number of hydrogen-bond donors (Lipinski definition) is 0. The van der Waals surface area contributed by atoms with Crippen molar-refractivity contribution in [3.63, 3.8) is 0 Å². The van der Waals surface area contributed by atoms with E-state index in [9.17, 15) is 0 Å². The van der Waals surface area contributed by atoms with E-state index in [-0.39, 0.29) is 0 Å². The van der Waals surface area contributed by atoms with Gasteiger partial charge in [-0.3, -0.25) is 0 Å². The van der Waals surface area contributed by atoms with Gasteiger partial charge in [-0.15, -0.1) is 0 Å². The molecule has 0 unspecified atom stereocenters. The molecule has 2 rings (SSSR count). The first kappa shape index (κ1) is 11.7. The van der Waals surface area contributed by atoms with E-state index in [4.69, 9.17) is 8.51 Å². The van der Waals surface area contributed by atoms with Gasteiger partial charge in [0, 0.05) is 6.42 Å². The van der Waals surface area contributed by atoms with Crippen LogP contribution in [-0.2, 0) is 22.0 Å². The molecule has 0 aliphatic heterocycles. The second kappa shape index (κ2) is 8.00. The number of halogens is 1. The summed E-state index contributed by atoms with van der Waals surface area (Å²) in [7, 11) is 5.85. The second-order valence-electron chi connectivity index (χ2n) is 3.41. The van der Waals surface area contributed by atoms with Crippen LogP contribution < -0.4 is 0 Å². The molecule has 0 bridgehead atoms. The Hall–Kier alpha value is 0.653. The van der Waals surface area contributed by atoms with Gasteiger partial charge in [0.1, 0.15) is 0 Å². The SMILES string of the molecule is [CH]1C=CC=C1.[Cl][Zr][CH]1CCCCC1. The molecule has 0 aromatic carbocycles. The minimum atomic E-state index is -0.394. The first-order chi connectivity index (χ1) is 6.43. The summed E-state index contributed by atoms with van der Waals surface area (Å²) < 4.78 is 1.02. The zero-order valence-corrected chi connectivity index (χ0v) is 11.1. The molecular weight excluding hydrogens is 259 g/mol. The van der Waals surface area contributed by atoms with Crippen LogP contribution in [0.5, 0.6) is 0 Å². The van der Waals surface area contributed by atoms with Gasteiger partial charge in [-0.05, 0) is 0 Å². The second-order valence-corrected chi connectivity index (χ2v) is 7.24. The standard InChI is InChI=1S/C6H11.C5H5.ClH.Zr/c1-2-4-6-5-3-1;1-2-4-5-3-1;;/h1H,2-6H2;1-5H;1H;/q;;;+1/p-1. The Bertz CT molecular complexity index is 159. The van der Waals surface area contributed by atoms with Crippen LogP contribution in [0.2, 0.25) is 3.63 Å². The van der Waals surface area contributed by atoms with Crippen LogP contribution in [0.25, 0.3) is 0 Å². The molecular formula is C11H16ClZr. The van der Waals surface area contributed by atoms with E-state index >= 15 is 0 Å². The predicted molar refractivity (Wildman–Crippen MR) is 55.3 cm³/mol. The fraction of sp³-hybridized carbons (Fsp3) is 0.545. The first-order valence-corrected chi connectivity index (χ1v) is 9.55. The zero-order chi connectivity index (χ0) is 9.36. The average Bonchev–Trinajstić information content (AvgIpc) is 2.77. The Kier molecular flexibility index (Phi) is 7.22. The minimum absolute atomic E-state index is 0.394. The van der Waals surface area contributed by atoms with E-state index in [1.165, 1.54) is 32.1 Å². The maximum absolute atomic E-state index is 5.85. The van der Waals surface area contributed by atoms with E-state index in [0.29, 0.717) is 0 Å². The van der Waals surface area contributed by atoms with E-state index in [0.717, 1.165) is 3.63 Å². The van der Waals surface area contributed by atoms with Gasteiger partial charge >= 0.3 is 66.3 Å². The van der Waals surface area contributed by atoms with Gasteiger partial charge in [-0.2, -0.15) is 0 Å². The molecule has 0 amide bonds. The van der Waals surface area contributed by atoms with Crippen molar-refractivity contribution in [1.82, 2.24) is 0 Å². The Morgan fingerprint density at radius 1 is 0.923 bits per heavy atom. The normalized spacial score (nSPS) is 21.0. The maximum atomic E-state index is 5.85. The molecule has 0 spiro atoms. The fourth-order valence-corrected chi connectivity index (χ4v) is 4.36. The van der Waals surface area contributed by atoms with Crippen molar-refractivity contribution in [3.8, 4) is 0 Å². The topological polar surface area (TPSA) is 0 Å². The van der Waals surface area contributed by atoms with Gasteiger partial charge < -0.3 is 0 Å². The van der Waals surface area contributed by atoms with Crippen molar-refractivity contribution < 1.29 is 22.0 Å². The van der Waals surface area contributed by atoms with Gasteiger partial charge in [-0.25, -0.2) is 0 Å². The quantitative estimate of drug-likeness (QED) is 0.669. The summed E-state index contributed by atoms with van der Waals surface area (Å²) in [5.41, 5.74) is 0. The summed E-state index contributed by atoms with van der Waals surface area (Å²) in [6.07, 6.45) is 17.3. The van der Waals surface area contributed by atoms with Gasteiger partial charge in [-0.1, -0.05) is 24.3 Å². The average molecular weight is 275 g/mol. The Balaban J connectivity index is 0.000000145. The van der Waals surface area contributed by atoms with Gasteiger partial charge in [0.2, 0.25) is 0 Å². The van der Waals surface area contributed by atoms with Gasteiger partial charge in [0.05, 0.1) is 0 Å². The van der Waals surface area contributed by atoms with Crippen LogP contribution in [0.15, 0.2) is 24.3 Å². The van der Waals surface area contributed by atoms with Crippen molar-refractivity contribution in [2.24, 2.45) is 0 Å². The van der Waals surface area contributed by atoms with Crippen molar-refractivity contribution in [1.29, 1.82) is 0 Å². The Labute approximate surface area is 96.6 Å². The molecule has 0 nitrogen and oxygen atoms in total. The molecule has 2 heteroatoms. The Morgan fingerprint density at radius 3 is 1.85 bits per heavy atom. The third-order valence-corrected chi connectivity index (χ3v) is 6.32. The first-order valence-electron chi connectivity index (χ1n) is 4.96. The van der Waals surface area contributed by atoms with Crippen LogP contribution in [0.4, 0.5) is 0 Å². The molecule has 1 radical (unpaired) electrons. The van der Waals surface area contributed by atoms with Gasteiger partial charge in [0.15, 0.2) is 0 Å². The number of hydrogen-bond acceptors (Lipinski definition) is 0. The third-order valence-electron chi connectivity index (χ3n) is 2.32. The molecule has 0 aromatic heterocycles.